The number of nitrogens with zero attached hydrogens (tertiary/aromatic N) is 5. The molecule has 1 aromatic carbocycles. The molecule has 0 N–H and O–H groups in total. The van der Waals surface area contributed by atoms with Crippen molar-refractivity contribution in [1.29, 1.82) is 0 Å². The maximum atomic E-state index is 10.7. The van der Waals surface area contributed by atoms with Crippen molar-refractivity contribution in [2.75, 3.05) is 25.0 Å². The molecule has 1 saturated heterocycles. The van der Waals surface area contributed by atoms with E-state index in [1.54, 1.807) is 12.1 Å². The molecule has 24 heavy (non-hydrogen) atoms. The van der Waals surface area contributed by atoms with E-state index in [1.807, 2.05) is 12.1 Å². The third-order valence-electron chi connectivity index (χ3n) is 4.81. The first-order chi connectivity index (χ1) is 11.7. The van der Waals surface area contributed by atoms with Crippen molar-refractivity contribution in [2.45, 2.75) is 32.4 Å². The Hall–Kier alpha value is -2.34. The van der Waals surface area contributed by atoms with Crippen LogP contribution in [0.2, 0.25) is 0 Å². The number of rotatable bonds is 3. The fourth-order valence-corrected chi connectivity index (χ4v) is 3.55. The highest BCUT2D eigenvalue weighted by molar-refractivity contribution is 5.67. The maximum absolute atomic E-state index is 10.7. The summed E-state index contributed by atoms with van der Waals surface area (Å²) in [6.45, 7) is 3.78. The van der Waals surface area contributed by atoms with Crippen LogP contribution in [-0.2, 0) is 13.1 Å². The van der Waals surface area contributed by atoms with E-state index < -0.39 is 0 Å². The molecule has 2 aliphatic rings. The highest BCUT2D eigenvalue weighted by Gasteiger charge is 2.25. The molecule has 1 aromatic heterocycles. The van der Waals surface area contributed by atoms with E-state index in [-0.39, 0.29) is 0 Å². The predicted molar refractivity (Wildman–Crippen MR) is 94.2 cm³/mol. The van der Waals surface area contributed by atoms with E-state index in [4.69, 9.17) is 9.97 Å². The molecule has 6 heteroatoms. The van der Waals surface area contributed by atoms with Gasteiger partial charge in [-0.2, -0.15) is 0 Å². The minimum atomic E-state index is 0.442. The van der Waals surface area contributed by atoms with Crippen LogP contribution in [0.1, 0.15) is 30.5 Å². The molecule has 3 heterocycles. The molecule has 0 unspecified atom stereocenters. The van der Waals surface area contributed by atoms with Crippen LogP contribution in [0.5, 0.6) is 0 Å². The Labute approximate surface area is 141 Å². The van der Waals surface area contributed by atoms with Gasteiger partial charge in [0.2, 0.25) is 5.95 Å². The predicted octanol–water partition coefficient (Wildman–Crippen LogP) is 3.48. The molecule has 0 saturated carbocycles. The molecule has 1 fully saturated rings. The molecule has 6 nitrogen and oxygen atoms in total. The molecule has 0 spiro atoms. The van der Waals surface area contributed by atoms with Gasteiger partial charge in [-0.1, -0.05) is 12.1 Å². The summed E-state index contributed by atoms with van der Waals surface area (Å²) in [5, 5.41) is 2.98. The van der Waals surface area contributed by atoms with Gasteiger partial charge in [-0.05, 0) is 43.6 Å². The summed E-state index contributed by atoms with van der Waals surface area (Å²) in [6.07, 6.45) is 3.70. The first-order valence-corrected chi connectivity index (χ1v) is 8.51. The number of benzene rings is 1. The minimum Gasteiger partial charge on any atom is -0.341 e. The van der Waals surface area contributed by atoms with Crippen molar-refractivity contribution >= 4 is 11.6 Å². The van der Waals surface area contributed by atoms with Crippen molar-refractivity contribution in [3.63, 3.8) is 0 Å². The second-order valence-corrected chi connectivity index (χ2v) is 6.66. The summed E-state index contributed by atoms with van der Waals surface area (Å²) in [6, 6.07) is 7.35. The number of piperidine rings is 1. The highest BCUT2D eigenvalue weighted by atomic mass is 16.3. The van der Waals surface area contributed by atoms with Gasteiger partial charge in [0, 0.05) is 37.3 Å². The fourth-order valence-electron chi connectivity index (χ4n) is 3.55. The van der Waals surface area contributed by atoms with E-state index in [1.165, 1.54) is 24.8 Å². The smallest absolute Gasteiger partial charge is 0.226 e. The summed E-state index contributed by atoms with van der Waals surface area (Å²) in [5.74, 6) is 0.844. The van der Waals surface area contributed by atoms with Gasteiger partial charge in [0.05, 0.1) is 11.4 Å². The molecule has 2 aliphatic heterocycles. The van der Waals surface area contributed by atoms with E-state index in [9.17, 15) is 4.91 Å². The summed E-state index contributed by atoms with van der Waals surface area (Å²) in [5.41, 5.74) is 4.78. The highest BCUT2D eigenvalue weighted by Crippen LogP contribution is 2.32. The van der Waals surface area contributed by atoms with Crippen LogP contribution in [0.25, 0.3) is 11.3 Å². The lowest BCUT2D eigenvalue weighted by Gasteiger charge is -2.27. The number of nitroso groups, excluding NO2 is 1. The van der Waals surface area contributed by atoms with Gasteiger partial charge in [0.25, 0.3) is 0 Å². The number of fused-ring (bicyclic) bond motifs is 1. The van der Waals surface area contributed by atoms with Gasteiger partial charge in [-0.3, -0.25) is 4.90 Å². The molecule has 0 atom stereocenters. The zero-order valence-corrected chi connectivity index (χ0v) is 13.9. The Morgan fingerprint density at radius 2 is 1.75 bits per heavy atom. The topological polar surface area (TPSA) is 61.7 Å². The Kier molecular flexibility index (Phi) is 3.98. The van der Waals surface area contributed by atoms with Crippen LogP contribution in [-0.4, -0.2) is 35.0 Å². The lowest BCUT2D eigenvalue weighted by Crippen LogP contribution is -2.31. The summed E-state index contributed by atoms with van der Waals surface area (Å²) in [7, 11) is 2.10. The van der Waals surface area contributed by atoms with Gasteiger partial charge < -0.3 is 4.90 Å². The first-order valence-electron chi connectivity index (χ1n) is 8.51. The first kappa shape index (κ1) is 15.2. The van der Waals surface area contributed by atoms with Crippen molar-refractivity contribution in [2.24, 2.45) is 5.18 Å². The van der Waals surface area contributed by atoms with Crippen LogP contribution >= 0.6 is 0 Å². The Balaban J connectivity index is 1.78. The Morgan fingerprint density at radius 3 is 2.46 bits per heavy atom. The molecular formula is C18H21N5O. The normalized spacial score (nSPS) is 17.8. The molecule has 0 amide bonds. The number of hydrogen-bond acceptors (Lipinski definition) is 6. The molecule has 0 radical (unpaired) electrons. The Bertz CT molecular complexity index is 753. The van der Waals surface area contributed by atoms with E-state index in [2.05, 4.69) is 22.0 Å². The summed E-state index contributed by atoms with van der Waals surface area (Å²) < 4.78 is 0. The van der Waals surface area contributed by atoms with Gasteiger partial charge in [-0.15, -0.1) is 4.91 Å². The van der Waals surface area contributed by atoms with Crippen LogP contribution in [0, 0.1) is 4.91 Å². The molecule has 0 bridgehead atoms. The van der Waals surface area contributed by atoms with Crippen LogP contribution < -0.4 is 4.90 Å². The van der Waals surface area contributed by atoms with E-state index in [0.29, 0.717) is 5.69 Å². The summed E-state index contributed by atoms with van der Waals surface area (Å²) in [4.78, 5) is 25.0. The van der Waals surface area contributed by atoms with Crippen molar-refractivity contribution in [3.8, 4) is 11.3 Å². The monoisotopic (exact) mass is 323 g/mol. The van der Waals surface area contributed by atoms with Gasteiger partial charge in [-0.25, -0.2) is 9.97 Å². The van der Waals surface area contributed by atoms with Gasteiger partial charge >= 0.3 is 0 Å². The second kappa shape index (κ2) is 6.28. The van der Waals surface area contributed by atoms with Crippen LogP contribution in [0.15, 0.2) is 29.4 Å². The second-order valence-electron chi connectivity index (χ2n) is 6.66. The van der Waals surface area contributed by atoms with Gasteiger partial charge in [0.1, 0.15) is 5.69 Å². The molecule has 0 aliphatic carbocycles. The standard InChI is InChI=1S/C18H21N5O/c1-22-11-15-16(12-22)19-18(23-9-3-2-4-10-23)20-17(15)13-5-7-14(21-24)8-6-13/h5-8H,2-4,9-12H2,1H3. The third kappa shape index (κ3) is 2.78. The number of aromatic nitrogens is 2. The zero-order chi connectivity index (χ0) is 16.5. The van der Waals surface area contributed by atoms with E-state index in [0.717, 1.165) is 49.1 Å². The zero-order valence-electron chi connectivity index (χ0n) is 13.9. The molecular weight excluding hydrogens is 302 g/mol. The average Bonchev–Trinajstić information content (AvgIpc) is 3.02. The molecule has 2 aromatic rings. The lowest BCUT2D eigenvalue weighted by molar-refractivity contribution is 0.351. The van der Waals surface area contributed by atoms with E-state index >= 15 is 0 Å². The Morgan fingerprint density at radius 1 is 1.00 bits per heavy atom. The van der Waals surface area contributed by atoms with Crippen LogP contribution in [0.4, 0.5) is 11.6 Å². The van der Waals surface area contributed by atoms with Crippen LogP contribution in [0.3, 0.4) is 0 Å². The average molecular weight is 323 g/mol. The van der Waals surface area contributed by atoms with Crippen molar-refractivity contribution in [1.82, 2.24) is 14.9 Å². The van der Waals surface area contributed by atoms with Gasteiger partial charge in [0.15, 0.2) is 0 Å². The SMILES string of the molecule is CN1Cc2nc(N3CCCCC3)nc(-c3ccc(N=O)cc3)c2C1. The third-order valence-corrected chi connectivity index (χ3v) is 4.81. The van der Waals surface area contributed by atoms with Crippen molar-refractivity contribution < 1.29 is 0 Å². The maximum Gasteiger partial charge on any atom is 0.226 e. The molecule has 124 valence electrons. The quantitative estimate of drug-likeness (QED) is 0.809. The number of anilines is 1. The lowest BCUT2D eigenvalue weighted by atomic mass is 10.1. The minimum absolute atomic E-state index is 0.442. The summed E-state index contributed by atoms with van der Waals surface area (Å²) >= 11 is 0. The van der Waals surface area contributed by atoms with Crippen molar-refractivity contribution in [3.05, 3.63) is 40.4 Å². The number of hydrogen-bond donors (Lipinski definition) is 0. The molecule has 4 rings (SSSR count). The largest absolute Gasteiger partial charge is 0.341 e. The fraction of sp³-hybridized carbons (Fsp3) is 0.444.